The highest BCUT2D eigenvalue weighted by molar-refractivity contribution is 5.89. The number of rotatable bonds is 3. The lowest BCUT2D eigenvalue weighted by Gasteiger charge is -1.97. The van der Waals surface area contributed by atoms with Crippen LogP contribution in [0.2, 0.25) is 0 Å². The Kier molecular flexibility index (Phi) is 3.71. The molecule has 0 aliphatic rings. The second-order valence-electron chi connectivity index (χ2n) is 3.75. The Morgan fingerprint density at radius 1 is 0.667 bits per heavy atom. The third kappa shape index (κ3) is 2.95. The quantitative estimate of drug-likeness (QED) is 0.489. The van der Waals surface area contributed by atoms with Crippen molar-refractivity contribution in [3.05, 3.63) is 59.7 Å². The Balaban J connectivity index is 2.08. The number of para-hydroxylation sites is 2. The molecule has 90 valence electrons. The third-order valence-corrected chi connectivity index (χ3v) is 2.45. The van der Waals surface area contributed by atoms with Crippen molar-refractivity contribution in [3.63, 3.8) is 0 Å². The third-order valence-electron chi connectivity index (χ3n) is 2.45. The van der Waals surface area contributed by atoms with E-state index in [1.807, 2.05) is 48.5 Å². The molecule has 2 rings (SSSR count). The number of nitrogens with two attached hydrogens (primary N) is 2. The predicted molar refractivity (Wildman–Crippen MR) is 76.9 cm³/mol. The lowest BCUT2D eigenvalue weighted by molar-refractivity contribution is 1.26. The molecule has 0 radical (unpaired) electrons. The van der Waals surface area contributed by atoms with Gasteiger partial charge >= 0.3 is 0 Å². The first-order valence-corrected chi connectivity index (χ1v) is 5.53. The monoisotopic (exact) mass is 238 g/mol. The van der Waals surface area contributed by atoms with E-state index in [-0.39, 0.29) is 0 Å². The van der Waals surface area contributed by atoms with Gasteiger partial charge in [-0.3, -0.25) is 0 Å². The molecule has 2 aromatic carbocycles. The van der Waals surface area contributed by atoms with Crippen LogP contribution in [0.5, 0.6) is 0 Å². The summed E-state index contributed by atoms with van der Waals surface area (Å²) in [6.45, 7) is 0. The summed E-state index contributed by atoms with van der Waals surface area (Å²) in [4.78, 5) is 0. The van der Waals surface area contributed by atoms with Crippen LogP contribution in [-0.2, 0) is 0 Å². The van der Waals surface area contributed by atoms with Crippen LogP contribution in [0.3, 0.4) is 0 Å². The molecule has 0 fully saturated rings. The van der Waals surface area contributed by atoms with E-state index < -0.39 is 0 Å². The zero-order valence-electron chi connectivity index (χ0n) is 9.82. The molecule has 0 aromatic heterocycles. The molecule has 0 heterocycles. The van der Waals surface area contributed by atoms with Gasteiger partial charge in [-0.25, -0.2) is 0 Å². The fourth-order valence-corrected chi connectivity index (χ4v) is 1.45. The largest absolute Gasteiger partial charge is 0.398 e. The molecule has 0 bridgehead atoms. The van der Waals surface area contributed by atoms with Crippen molar-refractivity contribution in [2.75, 3.05) is 11.5 Å². The minimum Gasteiger partial charge on any atom is -0.398 e. The Hall–Kier alpha value is -2.62. The van der Waals surface area contributed by atoms with E-state index in [4.69, 9.17) is 11.5 Å². The van der Waals surface area contributed by atoms with Crippen LogP contribution in [-0.4, -0.2) is 12.4 Å². The van der Waals surface area contributed by atoms with Gasteiger partial charge in [0.1, 0.15) is 0 Å². The van der Waals surface area contributed by atoms with Crippen LogP contribution in [0.25, 0.3) is 0 Å². The molecule has 0 saturated heterocycles. The molecular weight excluding hydrogens is 224 g/mol. The van der Waals surface area contributed by atoms with E-state index in [1.165, 1.54) is 0 Å². The lowest BCUT2D eigenvalue weighted by Crippen LogP contribution is -1.92. The summed E-state index contributed by atoms with van der Waals surface area (Å²) < 4.78 is 0. The second kappa shape index (κ2) is 5.63. The van der Waals surface area contributed by atoms with Gasteiger partial charge < -0.3 is 11.5 Å². The number of nitrogens with zero attached hydrogens (tertiary/aromatic N) is 2. The Morgan fingerprint density at radius 3 is 1.44 bits per heavy atom. The molecule has 0 atom stereocenters. The molecule has 18 heavy (non-hydrogen) atoms. The van der Waals surface area contributed by atoms with Crippen molar-refractivity contribution in [1.29, 1.82) is 0 Å². The van der Waals surface area contributed by atoms with Crippen molar-refractivity contribution in [3.8, 4) is 0 Å². The van der Waals surface area contributed by atoms with E-state index >= 15 is 0 Å². The summed E-state index contributed by atoms with van der Waals surface area (Å²) in [7, 11) is 0. The summed E-state index contributed by atoms with van der Waals surface area (Å²) in [5.41, 5.74) is 14.6. The molecule has 0 saturated carbocycles. The lowest BCUT2D eigenvalue weighted by atomic mass is 10.2. The molecule has 0 aliphatic heterocycles. The van der Waals surface area contributed by atoms with E-state index in [1.54, 1.807) is 12.4 Å². The van der Waals surface area contributed by atoms with Gasteiger partial charge in [0.2, 0.25) is 0 Å². The maximum Gasteiger partial charge on any atom is 0.0588 e. The molecule has 2 aromatic rings. The number of benzene rings is 2. The standard InChI is InChI=1S/C14H14N4/c15-13-7-3-1-5-11(13)9-17-18-10-12-6-2-4-8-14(12)16/h1-10H,15-16H2/b17-9-,18-10-. The van der Waals surface area contributed by atoms with Gasteiger partial charge in [0.25, 0.3) is 0 Å². The summed E-state index contributed by atoms with van der Waals surface area (Å²) in [6, 6.07) is 14.9. The van der Waals surface area contributed by atoms with Crippen LogP contribution >= 0.6 is 0 Å². The molecule has 0 amide bonds. The Bertz CT molecular complexity index is 534. The zero-order valence-corrected chi connectivity index (χ0v) is 9.82. The van der Waals surface area contributed by atoms with E-state index in [0.717, 1.165) is 11.1 Å². The van der Waals surface area contributed by atoms with Gasteiger partial charge in [0.15, 0.2) is 0 Å². The van der Waals surface area contributed by atoms with Gasteiger partial charge in [0, 0.05) is 22.5 Å². The molecule has 0 unspecified atom stereocenters. The number of hydrogen-bond acceptors (Lipinski definition) is 4. The van der Waals surface area contributed by atoms with Crippen molar-refractivity contribution < 1.29 is 0 Å². The highest BCUT2D eigenvalue weighted by Crippen LogP contribution is 2.08. The predicted octanol–water partition coefficient (Wildman–Crippen LogP) is 2.30. The first-order valence-electron chi connectivity index (χ1n) is 5.53. The van der Waals surface area contributed by atoms with Gasteiger partial charge in [0.05, 0.1) is 12.4 Å². The van der Waals surface area contributed by atoms with Crippen molar-refractivity contribution >= 4 is 23.8 Å². The molecule has 4 nitrogen and oxygen atoms in total. The summed E-state index contributed by atoms with van der Waals surface area (Å²) >= 11 is 0. The Labute approximate surface area is 106 Å². The minimum atomic E-state index is 0.677. The zero-order chi connectivity index (χ0) is 12.8. The van der Waals surface area contributed by atoms with Crippen LogP contribution in [0.4, 0.5) is 11.4 Å². The summed E-state index contributed by atoms with van der Waals surface area (Å²) in [5, 5.41) is 7.90. The topological polar surface area (TPSA) is 76.8 Å². The molecule has 4 heteroatoms. The van der Waals surface area contributed by atoms with Gasteiger partial charge in [-0.15, -0.1) is 0 Å². The van der Waals surface area contributed by atoms with Crippen LogP contribution in [0.1, 0.15) is 11.1 Å². The van der Waals surface area contributed by atoms with E-state index in [0.29, 0.717) is 11.4 Å². The van der Waals surface area contributed by atoms with Gasteiger partial charge in [-0.05, 0) is 12.1 Å². The normalized spacial score (nSPS) is 11.3. The SMILES string of the molecule is Nc1ccccc1/C=N\N=C/c1ccccc1N. The van der Waals surface area contributed by atoms with Crippen molar-refractivity contribution in [2.24, 2.45) is 10.2 Å². The van der Waals surface area contributed by atoms with Crippen molar-refractivity contribution in [2.45, 2.75) is 0 Å². The van der Waals surface area contributed by atoms with Crippen LogP contribution in [0, 0.1) is 0 Å². The smallest absolute Gasteiger partial charge is 0.0588 e. The maximum absolute atomic E-state index is 5.77. The second-order valence-corrected chi connectivity index (χ2v) is 3.75. The maximum atomic E-state index is 5.77. The van der Waals surface area contributed by atoms with Crippen LogP contribution < -0.4 is 11.5 Å². The average Bonchev–Trinajstić information content (AvgIpc) is 2.38. The minimum absolute atomic E-state index is 0.677. The summed E-state index contributed by atoms with van der Waals surface area (Å²) in [6.07, 6.45) is 3.23. The highest BCUT2D eigenvalue weighted by atomic mass is 15.2. The van der Waals surface area contributed by atoms with E-state index in [2.05, 4.69) is 10.2 Å². The van der Waals surface area contributed by atoms with Gasteiger partial charge in [-0.2, -0.15) is 10.2 Å². The summed E-state index contributed by atoms with van der Waals surface area (Å²) in [5.74, 6) is 0. The number of anilines is 2. The van der Waals surface area contributed by atoms with Crippen LogP contribution in [0.15, 0.2) is 58.7 Å². The number of nitrogen functional groups attached to an aromatic ring is 2. The fourth-order valence-electron chi connectivity index (χ4n) is 1.45. The van der Waals surface area contributed by atoms with Gasteiger partial charge in [-0.1, -0.05) is 36.4 Å². The average molecular weight is 238 g/mol. The van der Waals surface area contributed by atoms with E-state index in [9.17, 15) is 0 Å². The number of hydrogen-bond donors (Lipinski definition) is 2. The first kappa shape index (κ1) is 11.9. The molecule has 0 spiro atoms. The first-order chi connectivity index (χ1) is 8.77. The molecule has 4 N–H and O–H groups in total. The van der Waals surface area contributed by atoms with Crippen molar-refractivity contribution in [1.82, 2.24) is 0 Å². The molecule has 0 aliphatic carbocycles. The molecular formula is C14H14N4. The Morgan fingerprint density at radius 2 is 1.06 bits per heavy atom. The fraction of sp³-hybridized carbons (Fsp3) is 0. The highest BCUT2D eigenvalue weighted by Gasteiger charge is 1.93.